The molecule has 0 aliphatic carbocycles. The molecule has 0 saturated heterocycles. The van der Waals surface area contributed by atoms with Crippen molar-refractivity contribution in [1.82, 2.24) is 0 Å². The molecular weight excluding hydrogens is 542 g/mol. The van der Waals surface area contributed by atoms with Gasteiger partial charge in [0.2, 0.25) is 4.73 Å². The van der Waals surface area contributed by atoms with Gasteiger partial charge in [-0.25, -0.2) is 0 Å². The third-order valence-corrected chi connectivity index (χ3v) is 19.2. The van der Waals surface area contributed by atoms with Gasteiger partial charge in [-0.1, -0.05) is 32.5 Å². The van der Waals surface area contributed by atoms with E-state index in [2.05, 4.69) is 33.9 Å². The molecular formula is C23H44O7P2S2Si. The molecule has 12 heteroatoms. The lowest BCUT2D eigenvalue weighted by Gasteiger charge is -2.36. The molecule has 0 radical (unpaired) electrons. The summed E-state index contributed by atoms with van der Waals surface area (Å²) in [6, 6.07) is 7.82. The molecule has 0 heterocycles. The first kappa shape index (κ1) is 33.4. The number of hydrogen-bond donors (Lipinski definition) is 0. The van der Waals surface area contributed by atoms with Crippen LogP contribution in [0.3, 0.4) is 0 Å². The predicted molar refractivity (Wildman–Crippen MR) is 152 cm³/mol. The fourth-order valence-corrected chi connectivity index (χ4v) is 12.0. The van der Waals surface area contributed by atoms with Crippen LogP contribution in [0.25, 0.3) is 0 Å². The molecule has 0 aliphatic rings. The van der Waals surface area contributed by atoms with Crippen molar-refractivity contribution in [2.75, 3.05) is 38.8 Å². The molecule has 0 saturated carbocycles. The molecule has 0 aliphatic heterocycles. The van der Waals surface area contributed by atoms with Crippen molar-refractivity contribution in [2.45, 2.75) is 81.1 Å². The number of rotatable bonds is 17. The molecule has 0 unspecified atom stereocenters. The molecule has 1 aromatic carbocycles. The van der Waals surface area contributed by atoms with E-state index in [1.807, 2.05) is 24.3 Å². The summed E-state index contributed by atoms with van der Waals surface area (Å²) in [5.74, 6) is 0.857. The molecule has 35 heavy (non-hydrogen) atoms. The van der Waals surface area contributed by atoms with Crippen LogP contribution in [-0.4, -0.2) is 51.8 Å². The molecule has 0 bridgehead atoms. The van der Waals surface area contributed by atoms with E-state index in [9.17, 15) is 9.13 Å². The summed E-state index contributed by atoms with van der Waals surface area (Å²) < 4.78 is 54.7. The number of thioether (sulfide) groups is 2. The van der Waals surface area contributed by atoms with E-state index >= 15 is 0 Å². The zero-order valence-corrected chi connectivity index (χ0v) is 27.1. The van der Waals surface area contributed by atoms with Crippen LogP contribution in [0.5, 0.6) is 0 Å². The highest BCUT2D eigenvalue weighted by Crippen LogP contribution is 2.74. The Hall–Kier alpha value is 0.397. The van der Waals surface area contributed by atoms with Crippen molar-refractivity contribution in [3.63, 3.8) is 0 Å². The third-order valence-electron chi connectivity index (χ3n) is 5.46. The second kappa shape index (κ2) is 15.1. The van der Waals surface area contributed by atoms with Gasteiger partial charge in [-0.15, -0.1) is 11.8 Å². The smallest absolute Gasteiger partial charge is 0.356 e. The second-order valence-corrected chi connectivity index (χ2v) is 21.6. The van der Waals surface area contributed by atoms with Crippen LogP contribution in [0.4, 0.5) is 0 Å². The van der Waals surface area contributed by atoms with Crippen molar-refractivity contribution >= 4 is 47.0 Å². The first-order valence-electron chi connectivity index (χ1n) is 12.1. The van der Waals surface area contributed by atoms with E-state index in [-0.39, 0.29) is 31.5 Å². The van der Waals surface area contributed by atoms with Gasteiger partial charge < -0.3 is 22.5 Å². The van der Waals surface area contributed by atoms with Crippen LogP contribution < -0.4 is 0 Å². The minimum Gasteiger partial charge on any atom is -0.416 e. The maximum atomic E-state index is 13.7. The molecule has 0 spiro atoms. The summed E-state index contributed by atoms with van der Waals surface area (Å²) >= 11 is 2.87. The Bertz CT molecular complexity index is 797. The summed E-state index contributed by atoms with van der Waals surface area (Å²) in [6.07, 6.45) is 0. The van der Waals surface area contributed by atoms with Crippen molar-refractivity contribution in [2.24, 2.45) is 0 Å². The fourth-order valence-electron chi connectivity index (χ4n) is 2.76. The molecule has 0 N–H and O–H groups in total. The normalized spacial score (nSPS) is 13.5. The van der Waals surface area contributed by atoms with E-state index in [0.29, 0.717) is 6.61 Å². The molecule has 0 amide bonds. The summed E-state index contributed by atoms with van der Waals surface area (Å²) in [4.78, 5) is 1.87. The van der Waals surface area contributed by atoms with Crippen LogP contribution in [0, 0.1) is 0 Å². The molecule has 1 rings (SSSR count). The summed E-state index contributed by atoms with van der Waals surface area (Å²) in [5.41, 5.74) is 0. The maximum Gasteiger partial charge on any atom is 0.356 e. The Morgan fingerprint density at radius 1 is 0.800 bits per heavy atom. The zero-order valence-electron chi connectivity index (χ0n) is 22.7. The number of hydrogen-bond acceptors (Lipinski definition) is 9. The average molecular weight is 587 g/mol. The quantitative estimate of drug-likeness (QED) is 0.0770. The van der Waals surface area contributed by atoms with E-state index in [4.69, 9.17) is 22.5 Å². The largest absolute Gasteiger partial charge is 0.416 e. The van der Waals surface area contributed by atoms with Gasteiger partial charge in [0.05, 0.1) is 26.4 Å². The second-order valence-electron chi connectivity index (χ2n) is 9.12. The first-order valence-corrected chi connectivity index (χ1v) is 20.1. The Balaban J connectivity index is 3.01. The topological polar surface area (TPSA) is 80.3 Å². The Morgan fingerprint density at radius 3 is 1.57 bits per heavy atom. The van der Waals surface area contributed by atoms with Crippen LogP contribution >= 0.6 is 38.7 Å². The van der Waals surface area contributed by atoms with Gasteiger partial charge in [0.15, 0.2) is 8.32 Å². The van der Waals surface area contributed by atoms with E-state index in [1.54, 1.807) is 39.5 Å². The van der Waals surface area contributed by atoms with E-state index in [1.165, 1.54) is 0 Å². The fraction of sp³-hybridized carbons (Fsp3) is 0.739. The predicted octanol–water partition coefficient (Wildman–Crippen LogP) is 8.71. The zero-order chi connectivity index (χ0) is 26.8. The van der Waals surface area contributed by atoms with Crippen LogP contribution in [0.2, 0.25) is 18.1 Å². The SMILES string of the molecule is CCOP(=O)(OCC)C(Sc1ccc(SCCO[Si](C)(C)C(C)(C)C)cc1)P(=O)(OCC)OCC. The summed E-state index contributed by atoms with van der Waals surface area (Å²) in [7, 11) is -9.37. The molecule has 0 fully saturated rings. The van der Waals surface area contributed by atoms with Crippen molar-refractivity contribution < 1.29 is 31.7 Å². The van der Waals surface area contributed by atoms with Gasteiger partial charge in [-0.2, -0.15) is 0 Å². The average Bonchev–Trinajstić information content (AvgIpc) is 2.75. The van der Waals surface area contributed by atoms with Gasteiger partial charge in [-0.05, 0) is 70.1 Å². The highest BCUT2D eigenvalue weighted by molar-refractivity contribution is 8.12. The van der Waals surface area contributed by atoms with Gasteiger partial charge >= 0.3 is 15.2 Å². The van der Waals surface area contributed by atoms with Gasteiger partial charge in [0.1, 0.15) is 0 Å². The number of benzene rings is 1. The first-order chi connectivity index (χ1) is 16.3. The van der Waals surface area contributed by atoms with Crippen molar-refractivity contribution in [1.29, 1.82) is 0 Å². The summed E-state index contributed by atoms with van der Waals surface area (Å²) in [5, 5.41) is 0.192. The lowest BCUT2D eigenvalue weighted by atomic mass is 10.2. The monoisotopic (exact) mass is 586 g/mol. The molecule has 0 aromatic heterocycles. The van der Waals surface area contributed by atoms with Crippen molar-refractivity contribution in [3.05, 3.63) is 24.3 Å². The van der Waals surface area contributed by atoms with E-state index in [0.717, 1.165) is 27.3 Å². The highest BCUT2D eigenvalue weighted by Gasteiger charge is 2.51. The molecule has 7 nitrogen and oxygen atoms in total. The Kier molecular flexibility index (Phi) is 14.4. The summed E-state index contributed by atoms with van der Waals surface area (Å²) in [6.45, 7) is 19.4. The standard InChI is InChI=1S/C23H44O7P2S2Si/c1-10-26-31(24,27-11-2)22(32(25,28-12-3)29-13-4)34-21-16-14-20(15-17-21)33-19-18-30-35(8,9)23(5,6)7/h14-17,22H,10-13,18-19H2,1-9H3. The third kappa shape index (κ3) is 10.2. The lowest BCUT2D eigenvalue weighted by Crippen LogP contribution is -2.41. The van der Waals surface area contributed by atoms with Crippen LogP contribution in [-0.2, 0) is 31.7 Å². The minimum atomic E-state index is -3.81. The minimum absolute atomic E-state index is 0.152. The van der Waals surface area contributed by atoms with Crippen molar-refractivity contribution in [3.8, 4) is 0 Å². The molecule has 204 valence electrons. The highest BCUT2D eigenvalue weighted by atomic mass is 32.2. The van der Waals surface area contributed by atoms with E-state index < -0.39 is 28.2 Å². The van der Waals surface area contributed by atoms with Gasteiger partial charge in [0.25, 0.3) is 0 Å². The molecule has 1 aromatic rings. The van der Waals surface area contributed by atoms with Gasteiger partial charge in [0, 0.05) is 22.2 Å². The van der Waals surface area contributed by atoms with Gasteiger partial charge in [-0.3, -0.25) is 9.13 Å². The lowest BCUT2D eigenvalue weighted by molar-refractivity contribution is 0.203. The maximum absolute atomic E-state index is 13.7. The van der Waals surface area contributed by atoms with Crippen LogP contribution in [0.15, 0.2) is 34.1 Å². The molecule has 0 atom stereocenters. The Labute approximate surface area is 222 Å². The Morgan fingerprint density at radius 2 is 1.20 bits per heavy atom. The van der Waals surface area contributed by atoms with Crippen LogP contribution in [0.1, 0.15) is 48.5 Å².